The molecule has 2 aromatic carbocycles. The van der Waals surface area contributed by atoms with Crippen LogP contribution in [0.1, 0.15) is 10.4 Å². The number of benzene rings is 2. The monoisotopic (exact) mass is 452 g/mol. The third-order valence-electron chi connectivity index (χ3n) is 6.01. The number of morpholine rings is 1. The Bertz CT molecular complexity index is 1370. The summed E-state index contributed by atoms with van der Waals surface area (Å²) in [6, 6.07) is 22.6. The fourth-order valence-electron chi connectivity index (χ4n) is 4.21. The second-order valence-corrected chi connectivity index (χ2v) is 8.16. The Labute approximate surface area is 197 Å². The third-order valence-corrected chi connectivity index (χ3v) is 6.01. The van der Waals surface area contributed by atoms with Crippen molar-refractivity contribution in [1.82, 2.24) is 14.5 Å². The molecule has 1 saturated heterocycles. The number of hydrogen-bond donors (Lipinski definition) is 0. The SMILES string of the molecule is Cn1c(N2CCOC(C(=O)c3ccccc3-c3ccccc3)C2)nc(-c2ccncc2)cc1=O. The summed E-state index contributed by atoms with van der Waals surface area (Å²) in [6.45, 7) is 1.20. The third kappa shape index (κ3) is 4.25. The topological polar surface area (TPSA) is 77.3 Å². The van der Waals surface area contributed by atoms with E-state index >= 15 is 0 Å². The predicted octanol–water partition coefficient (Wildman–Crippen LogP) is 3.60. The first-order valence-corrected chi connectivity index (χ1v) is 11.2. The number of rotatable bonds is 5. The number of hydrogen-bond acceptors (Lipinski definition) is 6. The fourth-order valence-corrected chi connectivity index (χ4v) is 4.21. The lowest BCUT2D eigenvalue weighted by atomic mass is 9.94. The molecule has 0 aliphatic carbocycles. The minimum Gasteiger partial charge on any atom is -0.366 e. The molecule has 0 saturated carbocycles. The van der Waals surface area contributed by atoms with Crippen molar-refractivity contribution in [3.8, 4) is 22.4 Å². The predicted molar refractivity (Wildman–Crippen MR) is 131 cm³/mol. The molecule has 7 heteroatoms. The molecule has 34 heavy (non-hydrogen) atoms. The smallest absolute Gasteiger partial charge is 0.255 e. The molecule has 4 aromatic rings. The number of aromatic nitrogens is 3. The van der Waals surface area contributed by atoms with E-state index in [0.29, 0.717) is 36.9 Å². The van der Waals surface area contributed by atoms with Gasteiger partial charge in [-0.25, -0.2) is 4.98 Å². The quantitative estimate of drug-likeness (QED) is 0.431. The highest BCUT2D eigenvalue weighted by molar-refractivity contribution is 6.05. The maximum absolute atomic E-state index is 13.6. The summed E-state index contributed by atoms with van der Waals surface area (Å²) < 4.78 is 7.42. The first kappa shape index (κ1) is 21.7. The maximum Gasteiger partial charge on any atom is 0.255 e. The molecule has 1 atom stereocenters. The molecular formula is C27H24N4O3. The highest BCUT2D eigenvalue weighted by Crippen LogP contribution is 2.27. The molecule has 1 fully saturated rings. The van der Waals surface area contributed by atoms with Gasteiger partial charge in [0, 0.05) is 43.2 Å². The number of ether oxygens (including phenoxy) is 1. The Hall–Kier alpha value is -4.10. The van der Waals surface area contributed by atoms with Crippen molar-refractivity contribution in [3.63, 3.8) is 0 Å². The van der Waals surface area contributed by atoms with Crippen molar-refractivity contribution in [1.29, 1.82) is 0 Å². The normalized spacial score (nSPS) is 15.8. The lowest BCUT2D eigenvalue weighted by molar-refractivity contribution is 0.0337. The number of ketones is 1. The number of Topliss-reactive ketones (excluding diaryl/α,β-unsaturated/α-hetero) is 1. The molecule has 1 aliphatic heterocycles. The van der Waals surface area contributed by atoms with Crippen LogP contribution in [-0.4, -0.2) is 46.1 Å². The summed E-state index contributed by atoms with van der Waals surface area (Å²) in [7, 11) is 1.69. The number of carbonyl (C=O) groups is 1. The van der Waals surface area contributed by atoms with Gasteiger partial charge in [0.05, 0.1) is 18.8 Å². The van der Waals surface area contributed by atoms with Crippen LogP contribution >= 0.6 is 0 Å². The second-order valence-electron chi connectivity index (χ2n) is 8.16. The Balaban J connectivity index is 1.45. The van der Waals surface area contributed by atoms with Gasteiger partial charge in [-0.05, 0) is 23.3 Å². The van der Waals surface area contributed by atoms with Crippen LogP contribution in [0.3, 0.4) is 0 Å². The van der Waals surface area contributed by atoms with Gasteiger partial charge in [-0.3, -0.25) is 19.1 Å². The van der Waals surface area contributed by atoms with E-state index in [0.717, 1.165) is 16.7 Å². The minimum atomic E-state index is -0.667. The summed E-state index contributed by atoms with van der Waals surface area (Å²) >= 11 is 0. The van der Waals surface area contributed by atoms with E-state index in [4.69, 9.17) is 9.72 Å². The van der Waals surface area contributed by atoms with Crippen LogP contribution in [0.25, 0.3) is 22.4 Å². The molecule has 0 spiro atoms. The Morgan fingerprint density at radius 3 is 2.50 bits per heavy atom. The van der Waals surface area contributed by atoms with E-state index in [-0.39, 0.29) is 11.3 Å². The average Bonchev–Trinajstić information content (AvgIpc) is 2.91. The van der Waals surface area contributed by atoms with Gasteiger partial charge in [0.1, 0.15) is 6.10 Å². The lowest BCUT2D eigenvalue weighted by Gasteiger charge is -2.34. The number of carbonyl (C=O) groups excluding carboxylic acids is 1. The van der Waals surface area contributed by atoms with Crippen LogP contribution in [0.2, 0.25) is 0 Å². The molecule has 0 N–H and O–H groups in total. The molecule has 0 radical (unpaired) electrons. The van der Waals surface area contributed by atoms with E-state index in [1.165, 1.54) is 10.6 Å². The highest BCUT2D eigenvalue weighted by atomic mass is 16.5. The van der Waals surface area contributed by atoms with Crippen molar-refractivity contribution in [2.75, 3.05) is 24.6 Å². The molecule has 0 amide bonds. The second kappa shape index (κ2) is 9.41. The van der Waals surface area contributed by atoms with E-state index < -0.39 is 6.10 Å². The van der Waals surface area contributed by atoms with Gasteiger partial charge in [-0.1, -0.05) is 54.6 Å². The Morgan fingerprint density at radius 2 is 1.71 bits per heavy atom. The van der Waals surface area contributed by atoms with Gasteiger partial charge < -0.3 is 9.64 Å². The van der Waals surface area contributed by atoms with Crippen LogP contribution in [0.4, 0.5) is 5.95 Å². The first-order chi connectivity index (χ1) is 16.6. The van der Waals surface area contributed by atoms with E-state index in [1.807, 2.05) is 71.6 Å². The number of anilines is 1. The van der Waals surface area contributed by atoms with Crippen molar-refractivity contribution < 1.29 is 9.53 Å². The molecule has 3 heterocycles. The van der Waals surface area contributed by atoms with Gasteiger partial charge in [-0.2, -0.15) is 0 Å². The zero-order valence-corrected chi connectivity index (χ0v) is 18.8. The fraction of sp³-hybridized carbons (Fsp3) is 0.185. The van der Waals surface area contributed by atoms with Gasteiger partial charge in [0.25, 0.3) is 5.56 Å². The van der Waals surface area contributed by atoms with Gasteiger partial charge >= 0.3 is 0 Å². The molecular weight excluding hydrogens is 428 g/mol. The van der Waals surface area contributed by atoms with Gasteiger partial charge in [-0.15, -0.1) is 0 Å². The van der Waals surface area contributed by atoms with E-state index in [2.05, 4.69) is 4.98 Å². The molecule has 5 rings (SSSR count). The largest absolute Gasteiger partial charge is 0.366 e. The van der Waals surface area contributed by atoms with Gasteiger partial charge in [0.15, 0.2) is 5.78 Å². The molecule has 0 bridgehead atoms. The highest BCUT2D eigenvalue weighted by Gasteiger charge is 2.30. The Kier molecular flexibility index (Phi) is 6.01. The van der Waals surface area contributed by atoms with Crippen LogP contribution in [0.5, 0.6) is 0 Å². The minimum absolute atomic E-state index is 0.0839. The molecule has 1 aliphatic rings. The van der Waals surface area contributed by atoms with Crippen LogP contribution in [0.15, 0.2) is 90.0 Å². The summed E-state index contributed by atoms with van der Waals surface area (Å²) in [5.41, 5.74) is 3.69. The zero-order chi connectivity index (χ0) is 23.5. The van der Waals surface area contributed by atoms with Crippen molar-refractivity contribution in [3.05, 3.63) is 101 Å². The summed E-state index contributed by atoms with van der Waals surface area (Å²) in [4.78, 5) is 37.0. The van der Waals surface area contributed by atoms with Gasteiger partial charge in [0.2, 0.25) is 5.95 Å². The van der Waals surface area contributed by atoms with Crippen molar-refractivity contribution in [2.45, 2.75) is 6.10 Å². The van der Waals surface area contributed by atoms with E-state index in [9.17, 15) is 9.59 Å². The van der Waals surface area contributed by atoms with Crippen molar-refractivity contribution >= 4 is 11.7 Å². The molecule has 7 nitrogen and oxygen atoms in total. The van der Waals surface area contributed by atoms with Crippen LogP contribution in [0, 0.1) is 0 Å². The lowest BCUT2D eigenvalue weighted by Crippen LogP contribution is -2.48. The van der Waals surface area contributed by atoms with E-state index in [1.54, 1.807) is 19.4 Å². The van der Waals surface area contributed by atoms with Crippen molar-refractivity contribution in [2.24, 2.45) is 7.05 Å². The zero-order valence-electron chi connectivity index (χ0n) is 18.8. The molecule has 2 aromatic heterocycles. The number of pyridine rings is 1. The molecule has 170 valence electrons. The summed E-state index contributed by atoms with van der Waals surface area (Å²) in [6.07, 6.45) is 2.67. The first-order valence-electron chi connectivity index (χ1n) is 11.2. The summed E-state index contributed by atoms with van der Waals surface area (Å²) in [5.74, 6) is 0.427. The maximum atomic E-state index is 13.6. The summed E-state index contributed by atoms with van der Waals surface area (Å²) in [5, 5.41) is 0. The average molecular weight is 453 g/mol. The molecule has 1 unspecified atom stereocenters. The number of nitrogens with zero attached hydrogens (tertiary/aromatic N) is 4. The van der Waals surface area contributed by atoms with Crippen LogP contribution in [-0.2, 0) is 11.8 Å². The standard InChI is InChI=1S/C27H24N4O3/c1-30-25(32)17-23(20-11-13-28-14-12-20)29-27(30)31-15-16-34-24(18-31)26(33)22-10-6-5-9-21(22)19-7-3-2-4-8-19/h2-14,17,24H,15-16,18H2,1H3. The van der Waals surface area contributed by atoms with Crippen LogP contribution < -0.4 is 10.5 Å². The Morgan fingerprint density at radius 1 is 0.971 bits per heavy atom.